The van der Waals surface area contributed by atoms with Gasteiger partial charge in [0.1, 0.15) is 0 Å². The number of fused-ring (bicyclic) bond motifs is 1. The summed E-state index contributed by atoms with van der Waals surface area (Å²) in [6.07, 6.45) is 10.7. The average molecular weight is 329 g/mol. The van der Waals surface area contributed by atoms with Crippen molar-refractivity contribution >= 4 is 5.97 Å². The summed E-state index contributed by atoms with van der Waals surface area (Å²) in [7, 11) is 0. The predicted octanol–water partition coefficient (Wildman–Crippen LogP) is 3.02. The summed E-state index contributed by atoms with van der Waals surface area (Å²) in [5.74, 6) is -0.413. The minimum absolute atomic E-state index is 0. The van der Waals surface area contributed by atoms with E-state index in [0.29, 0.717) is 6.61 Å². The van der Waals surface area contributed by atoms with Gasteiger partial charge in [0.2, 0.25) is 5.97 Å². The van der Waals surface area contributed by atoms with Gasteiger partial charge in [0, 0.05) is 32.7 Å². The molecule has 2 nitrogen and oxygen atoms in total. The van der Waals surface area contributed by atoms with Crippen LogP contribution in [-0.2, 0) is 48.7 Å². The number of hydrogen-bond acceptors (Lipinski definition) is 2. The van der Waals surface area contributed by atoms with Crippen LogP contribution in [0.15, 0.2) is 35.9 Å². The van der Waals surface area contributed by atoms with Crippen molar-refractivity contribution in [1.82, 2.24) is 0 Å². The zero-order valence-electron chi connectivity index (χ0n) is 11.1. The zero-order chi connectivity index (χ0) is 12.8. The van der Waals surface area contributed by atoms with Crippen LogP contribution in [0.25, 0.3) is 0 Å². The molecule has 1 aromatic rings. The molecule has 0 aromatic heterocycles. The molecule has 0 saturated carbocycles. The number of ether oxygens (including phenoxy) is 1. The topological polar surface area (TPSA) is 26.3 Å². The second kappa shape index (κ2) is 8.45. The van der Waals surface area contributed by atoms with Crippen molar-refractivity contribution in [3.05, 3.63) is 59.2 Å². The fourth-order valence-corrected chi connectivity index (χ4v) is 1.99. The molecule has 0 fully saturated rings. The Kier molecular flexibility index (Phi) is 7.26. The van der Waals surface area contributed by atoms with Crippen LogP contribution in [0.3, 0.4) is 0 Å². The largest absolute Gasteiger partial charge is 0.477 e. The maximum atomic E-state index is 11.2. The van der Waals surface area contributed by atoms with Crippen LogP contribution in [0, 0.1) is 12.2 Å². The van der Waals surface area contributed by atoms with Gasteiger partial charge in [-0.3, -0.25) is 16.4 Å². The standard InChI is InChI=1S/C16H16O2.Y/c1-2-18-16(17)11-10-13-6-5-9-14-7-3-4-8-15(14)12-13;/h3-4,7-8,10H,2,5-6,9H2,1H3;/q-2;. The Morgan fingerprint density at radius 1 is 1.42 bits per heavy atom. The van der Waals surface area contributed by atoms with Crippen molar-refractivity contribution < 1.29 is 42.2 Å². The summed E-state index contributed by atoms with van der Waals surface area (Å²) in [4.78, 5) is 11.2. The first-order chi connectivity index (χ1) is 8.79. The smallest absolute Gasteiger partial charge is 0.228 e. The van der Waals surface area contributed by atoms with E-state index in [1.54, 1.807) is 13.0 Å². The van der Waals surface area contributed by atoms with Crippen LogP contribution >= 0.6 is 0 Å². The van der Waals surface area contributed by atoms with Crippen molar-refractivity contribution in [1.29, 1.82) is 0 Å². The predicted molar refractivity (Wildman–Crippen MR) is 69.7 cm³/mol. The summed E-state index contributed by atoms with van der Waals surface area (Å²) in [5, 5.41) is 0. The fourth-order valence-electron chi connectivity index (χ4n) is 1.99. The van der Waals surface area contributed by atoms with Crippen molar-refractivity contribution in [3.63, 3.8) is 0 Å². The van der Waals surface area contributed by atoms with Gasteiger partial charge < -0.3 is 4.74 Å². The molecular weight excluding hydrogens is 313 g/mol. The second-order valence-corrected chi connectivity index (χ2v) is 4.17. The Hall–Kier alpha value is -0.726. The van der Waals surface area contributed by atoms with Crippen LogP contribution in [0.5, 0.6) is 0 Å². The second-order valence-electron chi connectivity index (χ2n) is 4.17. The average Bonchev–Trinajstić information content (AvgIpc) is 2.58. The summed E-state index contributed by atoms with van der Waals surface area (Å²) < 4.78 is 4.81. The first-order valence-corrected chi connectivity index (χ1v) is 6.27. The molecule has 19 heavy (non-hydrogen) atoms. The SMILES string of the molecule is CCOC(=O)[C-]=CC1=[C-]c2ccccc2CCC1.[Y]. The quantitative estimate of drug-likeness (QED) is 0.484. The number of carbonyl (C=O) groups is 1. The van der Waals surface area contributed by atoms with Gasteiger partial charge in [0.05, 0.1) is 6.61 Å². The van der Waals surface area contributed by atoms with E-state index in [9.17, 15) is 4.79 Å². The maximum Gasteiger partial charge on any atom is 0.228 e. The third-order valence-electron chi connectivity index (χ3n) is 2.84. The molecule has 0 N–H and O–H groups in total. The van der Waals surface area contributed by atoms with Crippen LogP contribution in [0.2, 0.25) is 0 Å². The summed E-state index contributed by atoms with van der Waals surface area (Å²) in [5.41, 5.74) is 3.44. The Labute approximate surface area is 139 Å². The molecule has 1 radical (unpaired) electrons. The van der Waals surface area contributed by atoms with E-state index < -0.39 is 5.97 Å². The van der Waals surface area contributed by atoms with Crippen LogP contribution in [-0.4, -0.2) is 12.6 Å². The van der Waals surface area contributed by atoms with Crippen molar-refractivity contribution in [2.45, 2.75) is 26.2 Å². The molecule has 0 spiro atoms. The monoisotopic (exact) mass is 329 g/mol. The molecule has 0 aliphatic heterocycles. The summed E-state index contributed by atoms with van der Waals surface area (Å²) >= 11 is 0. The molecule has 97 valence electrons. The molecule has 1 aliphatic rings. The first kappa shape index (κ1) is 16.3. The Bertz CT molecular complexity index is 489. The van der Waals surface area contributed by atoms with Gasteiger partial charge in [-0.05, 0) is 6.92 Å². The minimum atomic E-state index is -0.413. The molecule has 2 rings (SSSR count). The van der Waals surface area contributed by atoms with E-state index in [0.717, 1.165) is 30.4 Å². The summed E-state index contributed by atoms with van der Waals surface area (Å²) in [6, 6.07) is 8.24. The fraction of sp³-hybridized carbons (Fsp3) is 0.312. The van der Waals surface area contributed by atoms with E-state index in [2.05, 4.69) is 24.3 Å². The molecule has 0 unspecified atom stereocenters. The number of esters is 1. The van der Waals surface area contributed by atoms with Crippen molar-refractivity contribution in [2.75, 3.05) is 6.61 Å². The third kappa shape index (κ3) is 5.04. The normalized spacial score (nSPS) is 14.1. The van der Waals surface area contributed by atoms with E-state index in [4.69, 9.17) is 4.74 Å². The summed E-state index contributed by atoms with van der Waals surface area (Å²) in [6.45, 7) is 2.16. The van der Waals surface area contributed by atoms with Crippen molar-refractivity contribution in [2.24, 2.45) is 0 Å². The number of hydrogen-bond donors (Lipinski definition) is 0. The van der Waals surface area contributed by atoms with Crippen molar-refractivity contribution in [3.8, 4) is 0 Å². The van der Waals surface area contributed by atoms with Gasteiger partial charge >= 0.3 is 0 Å². The van der Waals surface area contributed by atoms with Gasteiger partial charge in [-0.25, -0.2) is 12.2 Å². The maximum absolute atomic E-state index is 11.2. The number of allylic oxidation sites excluding steroid dienone is 2. The Balaban J connectivity index is 0.00000180. The number of aryl methyl sites for hydroxylation is 1. The first-order valence-electron chi connectivity index (χ1n) is 6.27. The molecule has 0 saturated heterocycles. The molecule has 1 aliphatic carbocycles. The molecule has 0 amide bonds. The number of carbonyl (C=O) groups excluding carboxylic acids is 1. The van der Waals surface area contributed by atoms with Crippen LogP contribution in [0.4, 0.5) is 0 Å². The van der Waals surface area contributed by atoms with Gasteiger partial charge in [-0.1, -0.05) is 18.9 Å². The van der Waals surface area contributed by atoms with Crippen LogP contribution < -0.4 is 0 Å². The Morgan fingerprint density at radius 2 is 2.21 bits per heavy atom. The van der Waals surface area contributed by atoms with E-state index in [1.165, 1.54) is 5.56 Å². The Morgan fingerprint density at radius 3 is 3.00 bits per heavy atom. The van der Waals surface area contributed by atoms with Gasteiger partial charge in [-0.15, -0.1) is 30.2 Å². The third-order valence-corrected chi connectivity index (χ3v) is 2.84. The number of rotatable bonds is 3. The molecule has 1 aromatic carbocycles. The van der Waals surface area contributed by atoms with E-state index in [-0.39, 0.29) is 32.7 Å². The van der Waals surface area contributed by atoms with Gasteiger partial charge in [0.25, 0.3) is 0 Å². The van der Waals surface area contributed by atoms with Gasteiger partial charge in [-0.2, -0.15) is 5.56 Å². The van der Waals surface area contributed by atoms with E-state index in [1.807, 2.05) is 12.1 Å². The molecule has 0 atom stereocenters. The molecule has 3 heteroatoms. The number of benzene rings is 1. The minimum Gasteiger partial charge on any atom is -0.477 e. The van der Waals surface area contributed by atoms with E-state index >= 15 is 0 Å². The molecule has 0 bridgehead atoms. The zero-order valence-corrected chi connectivity index (χ0v) is 13.9. The van der Waals surface area contributed by atoms with Crippen LogP contribution in [0.1, 0.15) is 30.9 Å². The molecular formula is C16H16O2Y-2. The molecule has 0 heterocycles. The van der Waals surface area contributed by atoms with Gasteiger partial charge in [0.15, 0.2) is 0 Å².